The second kappa shape index (κ2) is 5.08. The lowest BCUT2D eigenvalue weighted by Gasteiger charge is -1.97. The molecule has 0 saturated heterocycles. The van der Waals surface area contributed by atoms with Gasteiger partial charge < -0.3 is 10.1 Å². The third-order valence-electron chi connectivity index (χ3n) is 3.03. The average Bonchev–Trinajstić information content (AvgIpc) is 2.88. The quantitative estimate of drug-likeness (QED) is 0.753. The number of aromatic nitrogens is 4. The van der Waals surface area contributed by atoms with E-state index < -0.39 is 5.97 Å². The molecule has 3 rings (SSSR count). The van der Waals surface area contributed by atoms with Crippen molar-refractivity contribution in [3.8, 4) is 0 Å². The molecule has 3 heterocycles. The molecule has 0 aromatic carbocycles. The zero-order chi connectivity index (χ0) is 13.9. The third kappa shape index (κ3) is 2.49. The van der Waals surface area contributed by atoms with Gasteiger partial charge in [-0.1, -0.05) is 0 Å². The first-order chi connectivity index (χ1) is 9.72. The molecule has 6 heteroatoms. The third-order valence-corrected chi connectivity index (χ3v) is 3.03. The average molecular weight is 268 g/mol. The van der Waals surface area contributed by atoms with Crippen LogP contribution in [0, 0.1) is 0 Å². The predicted octanol–water partition coefficient (Wildman–Crippen LogP) is 1.84. The van der Waals surface area contributed by atoms with Gasteiger partial charge in [-0.25, -0.2) is 14.8 Å². The Morgan fingerprint density at radius 3 is 2.80 bits per heavy atom. The number of aromatic carboxylic acids is 1. The van der Waals surface area contributed by atoms with Crippen molar-refractivity contribution >= 4 is 17.1 Å². The summed E-state index contributed by atoms with van der Waals surface area (Å²) in [4.78, 5) is 26.4. The first-order valence-electron chi connectivity index (χ1n) is 6.19. The topological polar surface area (TPSA) is 91.8 Å². The Labute approximate surface area is 114 Å². The van der Waals surface area contributed by atoms with Gasteiger partial charge in [0.1, 0.15) is 5.82 Å². The van der Waals surface area contributed by atoms with Crippen molar-refractivity contribution in [2.75, 3.05) is 0 Å². The summed E-state index contributed by atoms with van der Waals surface area (Å²) >= 11 is 0. The van der Waals surface area contributed by atoms with Crippen LogP contribution in [0.15, 0.2) is 36.8 Å². The lowest BCUT2D eigenvalue weighted by atomic mass is 10.1. The first kappa shape index (κ1) is 12.3. The number of aromatic amines is 1. The molecule has 0 aliphatic rings. The van der Waals surface area contributed by atoms with Crippen LogP contribution < -0.4 is 0 Å². The maximum absolute atomic E-state index is 10.9. The Bertz CT molecular complexity index is 752. The highest BCUT2D eigenvalue weighted by atomic mass is 16.4. The minimum Gasteiger partial charge on any atom is -0.478 e. The van der Waals surface area contributed by atoms with Crippen LogP contribution in [0.4, 0.5) is 0 Å². The maximum Gasteiger partial charge on any atom is 0.337 e. The Balaban J connectivity index is 1.80. The number of carboxylic acids is 1. The van der Waals surface area contributed by atoms with E-state index in [2.05, 4.69) is 19.9 Å². The van der Waals surface area contributed by atoms with Crippen LogP contribution in [-0.2, 0) is 12.8 Å². The van der Waals surface area contributed by atoms with Crippen molar-refractivity contribution in [1.82, 2.24) is 19.9 Å². The monoisotopic (exact) mass is 268 g/mol. The van der Waals surface area contributed by atoms with Gasteiger partial charge in [0.25, 0.3) is 0 Å². The second-order valence-corrected chi connectivity index (χ2v) is 4.44. The van der Waals surface area contributed by atoms with E-state index in [0.29, 0.717) is 11.2 Å². The first-order valence-corrected chi connectivity index (χ1v) is 6.19. The number of hydrogen-bond donors (Lipinski definition) is 2. The molecule has 20 heavy (non-hydrogen) atoms. The number of imidazole rings is 1. The summed E-state index contributed by atoms with van der Waals surface area (Å²) in [5.41, 5.74) is 2.52. The molecule has 6 nitrogen and oxygen atoms in total. The predicted molar refractivity (Wildman–Crippen MR) is 72.5 cm³/mol. The minimum absolute atomic E-state index is 0.154. The number of rotatable bonds is 4. The normalized spacial score (nSPS) is 10.8. The van der Waals surface area contributed by atoms with Crippen molar-refractivity contribution in [2.45, 2.75) is 12.8 Å². The minimum atomic E-state index is -0.993. The van der Waals surface area contributed by atoms with Gasteiger partial charge in [-0.3, -0.25) is 4.98 Å². The van der Waals surface area contributed by atoms with Gasteiger partial charge in [-0.2, -0.15) is 0 Å². The van der Waals surface area contributed by atoms with Gasteiger partial charge in [0, 0.05) is 25.0 Å². The molecule has 0 aliphatic heterocycles. The molecule has 0 atom stereocenters. The Hall–Kier alpha value is -2.76. The van der Waals surface area contributed by atoms with E-state index in [1.165, 1.54) is 11.8 Å². The van der Waals surface area contributed by atoms with Gasteiger partial charge in [0.05, 0.1) is 11.1 Å². The zero-order valence-electron chi connectivity index (χ0n) is 10.6. The molecule has 0 unspecified atom stereocenters. The number of carbonyl (C=O) groups is 1. The summed E-state index contributed by atoms with van der Waals surface area (Å²) in [6.45, 7) is 0. The van der Waals surface area contributed by atoms with Crippen LogP contribution in [-0.4, -0.2) is 31.0 Å². The lowest BCUT2D eigenvalue weighted by molar-refractivity contribution is 0.0696. The Morgan fingerprint density at radius 2 is 2.05 bits per heavy atom. The number of nitrogens with one attached hydrogen (secondary N) is 1. The molecule has 0 fully saturated rings. The van der Waals surface area contributed by atoms with Gasteiger partial charge in [0.15, 0.2) is 5.65 Å². The number of nitrogens with zero attached hydrogens (tertiary/aromatic N) is 3. The summed E-state index contributed by atoms with van der Waals surface area (Å²) in [7, 11) is 0. The number of H-pyrrole nitrogens is 1. The van der Waals surface area contributed by atoms with Gasteiger partial charge in [-0.05, 0) is 30.2 Å². The fourth-order valence-electron chi connectivity index (χ4n) is 2.00. The van der Waals surface area contributed by atoms with E-state index in [0.717, 1.165) is 18.7 Å². The van der Waals surface area contributed by atoms with Gasteiger partial charge >= 0.3 is 5.97 Å². The highest BCUT2D eigenvalue weighted by molar-refractivity contribution is 5.90. The summed E-state index contributed by atoms with van der Waals surface area (Å²) < 4.78 is 0. The van der Waals surface area contributed by atoms with Crippen LogP contribution in [0.25, 0.3) is 11.2 Å². The van der Waals surface area contributed by atoms with E-state index in [1.807, 2.05) is 12.1 Å². The van der Waals surface area contributed by atoms with Crippen molar-refractivity contribution in [1.29, 1.82) is 0 Å². The van der Waals surface area contributed by atoms with E-state index >= 15 is 0 Å². The summed E-state index contributed by atoms with van der Waals surface area (Å²) in [6.07, 6.45) is 6.42. The van der Waals surface area contributed by atoms with Crippen molar-refractivity contribution < 1.29 is 9.90 Å². The number of aryl methyl sites for hydroxylation is 2. The molecule has 0 spiro atoms. The molecule has 100 valence electrons. The molecular weight excluding hydrogens is 256 g/mol. The lowest BCUT2D eigenvalue weighted by Crippen LogP contribution is -1.96. The largest absolute Gasteiger partial charge is 0.478 e. The molecular formula is C14H12N4O2. The van der Waals surface area contributed by atoms with Crippen molar-refractivity contribution in [2.24, 2.45) is 0 Å². The number of pyridine rings is 2. The van der Waals surface area contributed by atoms with Gasteiger partial charge in [0.2, 0.25) is 0 Å². The summed E-state index contributed by atoms with van der Waals surface area (Å²) in [5, 5.41) is 8.92. The maximum atomic E-state index is 10.9. The number of carboxylic acid groups (broad SMARTS) is 1. The molecule has 3 aromatic heterocycles. The van der Waals surface area contributed by atoms with Crippen molar-refractivity contribution in [3.05, 3.63) is 53.7 Å². The molecule has 0 saturated carbocycles. The molecule has 0 radical (unpaired) electrons. The highest BCUT2D eigenvalue weighted by Gasteiger charge is 2.08. The Morgan fingerprint density at radius 1 is 1.25 bits per heavy atom. The SMILES string of the molecule is O=C(O)c1cnc2nc(CCc3ccncc3)[nH]c2c1. The Kier molecular flexibility index (Phi) is 3.12. The van der Waals surface area contributed by atoms with Crippen LogP contribution in [0.5, 0.6) is 0 Å². The smallest absolute Gasteiger partial charge is 0.337 e. The number of hydrogen-bond acceptors (Lipinski definition) is 4. The molecule has 3 aromatic rings. The standard InChI is InChI=1S/C14H12N4O2/c19-14(20)10-7-11-13(16-8-10)18-12(17-11)2-1-9-3-5-15-6-4-9/h3-8H,1-2H2,(H,19,20)(H,16,17,18). The van der Waals surface area contributed by atoms with Crippen LogP contribution >= 0.6 is 0 Å². The van der Waals surface area contributed by atoms with Gasteiger partial charge in [-0.15, -0.1) is 0 Å². The van der Waals surface area contributed by atoms with E-state index in [4.69, 9.17) is 5.11 Å². The summed E-state index contributed by atoms with van der Waals surface area (Å²) in [5.74, 6) is -0.195. The number of fused-ring (bicyclic) bond motifs is 1. The second-order valence-electron chi connectivity index (χ2n) is 4.44. The van der Waals surface area contributed by atoms with E-state index in [-0.39, 0.29) is 5.56 Å². The fourth-order valence-corrected chi connectivity index (χ4v) is 2.00. The highest BCUT2D eigenvalue weighted by Crippen LogP contribution is 2.12. The molecule has 0 bridgehead atoms. The molecule has 0 amide bonds. The molecule has 2 N–H and O–H groups in total. The summed E-state index contributed by atoms with van der Waals surface area (Å²) in [6, 6.07) is 5.47. The van der Waals surface area contributed by atoms with Crippen LogP contribution in [0.1, 0.15) is 21.7 Å². The molecule has 0 aliphatic carbocycles. The van der Waals surface area contributed by atoms with E-state index in [9.17, 15) is 4.79 Å². The van der Waals surface area contributed by atoms with Crippen molar-refractivity contribution in [3.63, 3.8) is 0 Å². The van der Waals surface area contributed by atoms with Crippen LogP contribution in [0.2, 0.25) is 0 Å². The van der Waals surface area contributed by atoms with Crippen LogP contribution in [0.3, 0.4) is 0 Å². The zero-order valence-corrected chi connectivity index (χ0v) is 10.6. The fraction of sp³-hybridized carbons (Fsp3) is 0.143. The van der Waals surface area contributed by atoms with E-state index in [1.54, 1.807) is 18.5 Å².